The Morgan fingerprint density at radius 2 is 0.719 bits per heavy atom. The molecule has 0 radical (unpaired) electrons. The molecule has 0 amide bonds. The van der Waals surface area contributed by atoms with Crippen molar-refractivity contribution in [2.75, 3.05) is 0 Å². The summed E-state index contributed by atoms with van der Waals surface area (Å²) in [4.78, 5) is -0.391. The number of unbranched alkanes of at least 4 members (excludes halogenated alkanes) is 16. The molecule has 4 aromatic carbocycles. The van der Waals surface area contributed by atoms with Crippen molar-refractivity contribution in [1.29, 1.82) is 0 Å². The van der Waals surface area contributed by atoms with Gasteiger partial charge in [-0.2, -0.15) is 0 Å². The standard InChI is InChI=1S/2C23H32O4S.Ca/c2*1-2-3-4-5-6-7-8-9-11-14-20-19-22(28(24,25)26)17-18-23(20)27-21-15-12-10-13-16-21;/h2*10,12-13,15-19H,2-9,11,14H2,1H3,(H,24,25,26);/q;;+2/p-2. The number of rotatable bonds is 26. The van der Waals surface area contributed by atoms with Crippen molar-refractivity contribution in [3.8, 4) is 23.0 Å². The van der Waals surface area contributed by atoms with E-state index in [1.807, 2.05) is 60.7 Å². The summed E-state index contributed by atoms with van der Waals surface area (Å²) < 4.78 is 80.1. The Bertz CT molecular complexity index is 1750. The van der Waals surface area contributed by atoms with Crippen LogP contribution < -0.4 is 9.47 Å². The first-order chi connectivity index (χ1) is 27.0. The first kappa shape index (κ1) is 50.7. The molecule has 308 valence electrons. The van der Waals surface area contributed by atoms with E-state index in [0.717, 1.165) is 36.8 Å². The van der Waals surface area contributed by atoms with Crippen LogP contribution in [0.4, 0.5) is 0 Å². The fraction of sp³-hybridized carbons (Fsp3) is 0.478. The van der Waals surface area contributed by atoms with E-state index in [1.165, 1.54) is 114 Å². The number of hydrogen-bond donors (Lipinski definition) is 0. The van der Waals surface area contributed by atoms with Crippen molar-refractivity contribution in [2.45, 2.75) is 152 Å². The van der Waals surface area contributed by atoms with Gasteiger partial charge in [-0.3, -0.25) is 0 Å². The third kappa shape index (κ3) is 21.4. The number of hydrogen-bond acceptors (Lipinski definition) is 8. The van der Waals surface area contributed by atoms with Gasteiger partial charge in [0, 0.05) is 0 Å². The summed E-state index contributed by atoms with van der Waals surface area (Å²) in [6, 6.07) is 27.5. The normalized spacial score (nSPS) is 11.3. The summed E-state index contributed by atoms with van der Waals surface area (Å²) in [5, 5.41) is 0. The molecule has 0 N–H and O–H groups in total. The van der Waals surface area contributed by atoms with Crippen LogP contribution in [0.2, 0.25) is 0 Å². The van der Waals surface area contributed by atoms with Crippen LogP contribution in [0.15, 0.2) is 107 Å². The molecule has 0 fully saturated rings. The van der Waals surface area contributed by atoms with Crippen molar-refractivity contribution in [3.63, 3.8) is 0 Å². The molecule has 0 saturated heterocycles. The van der Waals surface area contributed by atoms with Crippen LogP contribution in [0, 0.1) is 0 Å². The van der Waals surface area contributed by atoms with E-state index in [2.05, 4.69) is 13.8 Å². The maximum Gasteiger partial charge on any atom is 2.00 e. The SMILES string of the molecule is CCCCCCCCCCCc1cc(S(=O)(=O)[O-])ccc1Oc1ccccc1.CCCCCCCCCCCc1cc(S(=O)(=O)[O-])ccc1Oc1ccccc1.[Ca+2]. The Morgan fingerprint density at radius 1 is 0.421 bits per heavy atom. The van der Waals surface area contributed by atoms with Gasteiger partial charge >= 0.3 is 37.7 Å². The first-order valence-corrected chi connectivity index (χ1v) is 23.5. The van der Waals surface area contributed by atoms with Crippen LogP contribution in [0.3, 0.4) is 0 Å². The van der Waals surface area contributed by atoms with Crippen molar-refractivity contribution in [1.82, 2.24) is 0 Å². The van der Waals surface area contributed by atoms with Gasteiger partial charge in [-0.15, -0.1) is 0 Å². The Kier molecular flexibility index (Phi) is 25.7. The van der Waals surface area contributed by atoms with Crippen molar-refractivity contribution < 1.29 is 35.4 Å². The van der Waals surface area contributed by atoms with Crippen LogP contribution >= 0.6 is 0 Å². The van der Waals surface area contributed by atoms with E-state index >= 15 is 0 Å². The van der Waals surface area contributed by atoms with Crippen LogP contribution in [-0.2, 0) is 33.1 Å². The molecule has 0 saturated carbocycles. The maximum atomic E-state index is 11.4. The van der Waals surface area contributed by atoms with Gasteiger partial charge in [0.1, 0.15) is 43.2 Å². The quantitative estimate of drug-likeness (QED) is 0.0346. The summed E-state index contributed by atoms with van der Waals surface area (Å²) >= 11 is 0. The monoisotopic (exact) mass is 846 g/mol. The second-order valence-corrected chi connectivity index (χ2v) is 17.2. The zero-order valence-corrected chi connectivity index (χ0v) is 38.0. The first-order valence-electron chi connectivity index (χ1n) is 20.6. The summed E-state index contributed by atoms with van der Waals surface area (Å²) in [7, 11) is -8.94. The summed E-state index contributed by atoms with van der Waals surface area (Å²) in [6.45, 7) is 4.45. The molecule has 0 aliphatic rings. The molecule has 0 atom stereocenters. The van der Waals surface area contributed by atoms with E-state index in [1.54, 1.807) is 12.1 Å². The zero-order chi connectivity index (χ0) is 40.5. The Balaban J connectivity index is 0.000000387. The van der Waals surface area contributed by atoms with Gasteiger partial charge in [-0.1, -0.05) is 153 Å². The molecule has 4 aromatic rings. The number of aryl methyl sites for hydroxylation is 2. The Morgan fingerprint density at radius 3 is 1.02 bits per heavy atom. The molecule has 0 heterocycles. The summed E-state index contributed by atoms with van der Waals surface area (Å²) in [5.41, 5.74) is 1.53. The third-order valence-electron chi connectivity index (χ3n) is 9.68. The number of para-hydroxylation sites is 2. The van der Waals surface area contributed by atoms with Gasteiger partial charge in [-0.25, -0.2) is 16.8 Å². The maximum absolute atomic E-state index is 11.4. The van der Waals surface area contributed by atoms with Crippen LogP contribution in [0.5, 0.6) is 23.0 Å². The topological polar surface area (TPSA) is 133 Å². The smallest absolute Gasteiger partial charge is 0.744 e. The molecule has 0 spiro atoms. The summed E-state index contributed by atoms with van der Waals surface area (Å²) in [6.07, 6.45) is 23.3. The number of benzene rings is 4. The van der Waals surface area contributed by atoms with E-state index in [-0.39, 0.29) is 47.5 Å². The van der Waals surface area contributed by atoms with E-state index in [0.29, 0.717) is 35.8 Å². The third-order valence-corrected chi connectivity index (χ3v) is 11.3. The molecule has 0 aromatic heterocycles. The van der Waals surface area contributed by atoms with Gasteiger partial charge in [0.2, 0.25) is 0 Å². The van der Waals surface area contributed by atoms with Crippen LogP contribution in [-0.4, -0.2) is 63.7 Å². The van der Waals surface area contributed by atoms with Crippen molar-refractivity contribution in [3.05, 3.63) is 108 Å². The van der Waals surface area contributed by atoms with E-state index in [4.69, 9.17) is 9.47 Å². The van der Waals surface area contributed by atoms with Crippen LogP contribution in [0.1, 0.15) is 141 Å². The van der Waals surface area contributed by atoms with Gasteiger partial charge in [0.15, 0.2) is 0 Å². The predicted octanol–water partition coefficient (Wildman–Crippen LogP) is 12.5. The van der Waals surface area contributed by atoms with Crippen LogP contribution in [0.25, 0.3) is 0 Å². The Hall–Kier alpha value is -2.44. The average Bonchev–Trinajstić information content (AvgIpc) is 3.18. The molecule has 4 rings (SSSR count). The molecular formula is C46H62CaO8S2. The van der Waals surface area contributed by atoms with E-state index < -0.39 is 20.2 Å². The van der Waals surface area contributed by atoms with E-state index in [9.17, 15) is 25.9 Å². The molecule has 11 heteroatoms. The fourth-order valence-corrected chi connectivity index (χ4v) is 7.54. The molecular weight excluding hydrogens is 785 g/mol. The zero-order valence-electron chi connectivity index (χ0n) is 34.2. The molecule has 0 aliphatic heterocycles. The van der Waals surface area contributed by atoms with Gasteiger partial charge in [-0.05, 0) is 97.5 Å². The minimum absolute atomic E-state index is 0. The molecule has 0 unspecified atom stereocenters. The van der Waals surface area contributed by atoms with Gasteiger partial charge < -0.3 is 18.6 Å². The average molecular weight is 847 g/mol. The summed E-state index contributed by atoms with van der Waals surface area (Å²) in [5.74, 6) is 2.60. The van der Waals surface area contributed by atoms with Crippen molar-refractivity contribution >= 4 is 58.0 Å². The minimum Gasteiger partial charge on any atom is -0.744 e. The Labute approximate surface area is 373 Å². The second kappa shape index (κ2) is 28.9. The van der Waals surface area contributed by atoms with Gasteiger partial charge in [0.25, 0.3) is 0 Å². The predicted molar refractivity (Wildman–Crippen MR) is 229 cm³/mol. The largest absolute Gasteiger partial charge is 2.00 e. The molecule has 0 aliphatic carbocycles. The molecule has 8 nitrogen and oxygen atoms in total. The molecule has 57 heavy (non-hydrogen) atoms. The second-order valence-electron chi connectivity index (χ2n) is 14.4. The van der Waals surface area contributed by atoms with Crippen molar-refractivity contribution in [2.24, 2.45) is 0 Å². The molecule has 0 bridgehead atoms. The fourth-order valence-electron chi connectivity index (χ4n) is 6.50. The minimum atomic E-state index is -4.47. The van der Waals surface area contributed by atoms with Gasteiger partial charge in [0.05, 0.1) is 9.79 Å². The number of ether oxygens (including phenoxy) is 2.